The van der Waals surface area contributed by atoms with E-state index >= 15 is 0 Å². The van der Waals surface area contributed by atoms with E-state index in [0.717, 1.165) is 11.3 Å². The maximum Gasteiger partial charge on any atom is 0.257 e. The van der Waals surface area contributed by atoms with Gasteiger partial charge in [-0.2, -0.15) is 5.10 Å². The summed E-state index contributed by atoms with van der Waals surface area (Å²) in [5.41, 5.74) is 1.89. The predicted molar refractivity (Wildman–Crippen MR) is 86.2 cm³/mol. The first kappa shape index (κ1) is 15.0. The van der Waals surface area contributed by atoms with Crippen molar-refractivity contribution in [1.82, 2.24) is 25.1 Å². The standard InChI is InChI=1S/C16H17N5O2/c1-9-4-5-12-14(22)13(7-17-15(12)19-9)16(23)20-10(2)11-6-18-21(3)8-11/h4-8,10H,1-3H3,(H,20,23)(H,17,19,22)/t10-/m0/s1. The zero-order valence-electron chi connectivity index (χ0n) is 13.1. The number of nitrogens with zero attached hydrogens (tertiary/aromatic N) is 3. The van der Waals surface area contributed by atoms with Gasteiger partial charge in [0.05, 0.1) is 17.6 Å². The van der Waals surface area contributed by atoms with Crippen molar-refractivity contribution in [3.05, 3.63) is 57.8 Å². The van der Waals surface area contributed by atoms with Crippen molar-refractivity contribution in [3.63, 3.8) is 0 Å². The molecule has 23 heavy (non-hydrogen) atoms. The summed E-state index contributed by atoms with van der Waals surface area (Å²) in [6.45, 7) is 3.68. The molecule has 0 unspecified atom stereocenters. The lowest BCUT2D eigenvalue weighted by Crippen LogP contribution is -2.31. The number of aromatic amines is 1. The maximum atomic E-state index is 12.5. The largest absolute Gasteiger partial charge is 0.345 e. The van der Waals surface area contributed by atoms with Crippen LogP contribution >= 0.6 is 0 Å². The third-order valence-corrected chi connectivity index (χ3v) is 3.69. The fraction of sp³-hybridized carbons (Fsp3) is 0.250. The lowest BCUT2D eigenvalue weighted by Gasteiger charge is -2.12. The first-order valence-corrected chi connectivity index (χ1v) is 7.24. The molecule has 0 aliphatic carbocycles. The third kappa shape index (κ3) is 2.85. The summed E-state index contributed by atoms with van der Waals surface area (Å²) < 4.78 is 1.66. The van der Waals surface area contributed by atoms with Gasteiger partial charge in [-0.25, -0.2) is 4.98 Å². The number of hydrogen-bond acceptors (Lipinski definition) is 4. The van der Waals surface area contributed by atoms with Gasteiger partial charge in [0.25, 0.3) is 5.91 Å². The molecule has 0 aliphatic rings. The molecule has 0 saturated carbocycles. The number of amides is 1. The Hall–Kier alpha value is -2.96. The summed E-state index contributed by atoms with van der Waals surface area (Å²) in [4.78, 5) is 32.0. The molecule has 0 saturated heterocycles. The Balaban J connectivity index is 1.90. The molecule has 1 atom stereocenters. The van der Waals surface area contributed by atoms with Gasteiger partial charge in [0.2, 0.25) is 5.43 Å². The monoisotopic (exact) mass is 311 g/mol. The number of hydrogen-bond donors (Lipinski definition) is 2. The molecule has 3 aromatic heterocycles. The fourth-order valence-corrected chi connectivity index (χ4v) is 2.39. The van der Waals surface area contributed by atoms with Gasteiger partial charge in [-0.1, -0.05) is 0 Å². The average Bonchev–Trinajstić information content (AvgIpc) is 2.94. The fourth-order valence-electron chi connectivity index (χ4n) is 2.39. The van der Waals surface area contributed by atoms with Crippen molar-refractivity contribution >= 4 is 16.9 Å². The molecule has 0 fully saturated rings. The highest BCUT2D eigenvalue weighted by molar-refractivity contribution is 5.96. The Morgan fingerprint density at radius 1 is 1.39 bits per heavy atom. The Morgan fingerprint density at radius 2 is 2.17 bits per heavy atom. The highest BCUT2D eigenvalue weighted by Gasteiger charge is 2.17. The molecule has 7 heteroatoms. The Bertz CT molecular complexity index is 941. The number of pyridine rings is 2. The highest BCUT2D eigenvalue weighted by atomic mass is 16.2. The lowest BCUT2D eigenvalue weighted by atomic mass is 10.1. The molecule has 1 amide bonds. The van der Waals surface area contributed by atoms with Crippen LogP contribution in [0.2, 0.25) is 0 Å². The van der Waals surface area contributed by atoms with Gasteiger partial charge in [-0.05, 0) is 26.0 Å². The van der Waals surface area contributed by atoms with E-state index in [-0.39, 0.29) is 17.0 Å². The van der Waals surface area contributed by atoms with E-state index in [4.69, 9.17) is 0 Å². The van der Waals surface area contributed by atoms with Crippen LogP contribution in [-0.4, -0.2) is 25.7 Å². The zero-order chi connectivity index (χ0) is 16.6. The molecule has 7 nitrogen and oxygen atoms in total. The van der Waals surface area contributed by atoms with Gasteiger partial charge in [0.1, 0.15) is 11.2 Å². The molecule has 118 valence electrons. The number of nitrogens with one attached hydrogen (secondary N) is 2. The van der Waals surface area contributed by atoms with Gasteiger partial charge >= 0.3 is 0 Å². The molecule has 3 aromatic rings. The van der Waals surface area contributed by atoms with Crippen molar-refractivity contribution in [2.45, 2.75) is 19.9 Å². The van der Waals surface area contributed by atoms with Crippen LogP contribution in [0.4, 0.5) is 0 Å². The molecule has 2 N–H and O–H groups in total. The van der Waals surface area contributed by atoms with E-state index in [0.29, 0.717) is 11.0 Å². The van der Waals surface area contributed by atoms with Crippen LogP contribution < -0.4 is 10.7 Å². The van der Waals surface area contributed by atoms with E-state index in [1.807, 2.05) is 20.0 Å². The molecular formula is C16H17N5O2. The van der Waals surface area contributed by atoms with Gasteiger partial charge < -0.3 is 10.3 Å². The molecule has 0 aliphatic heterocycles. The maximum absolute atomic E-state index is 12.5. The van der Waals surface area contributed by atoms with Crippen LogP contribution in [0.3, 0.4) is 0 Å². The van der Waals surface area contributed by atoms with Crippen molar-refractivity contribution in [2.24, 2.45) is 7.05 Å². The number of carbonyl (C=O) groups excluding carboxylic acids is 1. The van der Waals surface area contributed by atoms with Crippen molar-refractivity contribution < 1.29 is 4.79 Å². The summed E-state index contributed by atoms with van der Waals surface area (Å²) >= 11 is 0. The topological polar surface area (TPSA) is 92.7 Å². The summed E-state index contributed by atoms with van der Waals surface area (Å²) in [6, 6.07) is 3.18. The number of carbonyl (C=O) groups is 1. The number of H-pyrrole nitrogens is 1. The number of aromatic nitrogens is 4. The van der Waals surface area contributed by atoms with Crippen LogP contribution in [0.25, 0.3) is 11.0 Å². The number of rotatable bonds is 3. The summed E-state index contributed by atoms with van der Waals surface area (Å²) in [5.74, 6) is -0.426. The van der Waals surface area contributed by atoms with Gasteiger partial charge in [0.15, 0.2) is 0 Å². The molecular weight excluding hydrogens is 294 g/mol. The van der Waals surface area contributed by atoms with E-state index in [2.05, 4.69) is 20.4 Å². The SMILES string of the molecule is Cc1ccc2c(=O)c(C(=O)N[C@@H](C)c3cnn(C)c3)c[nH]c2n1. The van der Waals surface area contributed by atoms with Gasteiger partial charge in [0, 0.05) is 30.7 Å². The third-order valence-electron chi connectivity index (χ3n) is 3.69. The van der Waals surface area contributed by atoms with Crippen LogP contribution in [0.5, 0.6) is 0 Å². The van der Waals surface area contributed by atoms with E-state index < -0.39 is 5.91 Å². The molecule has 3 rings (SSSR count). The summed E-state index contributed by atoms with van der Waals surface area (Å²) in [6.07, 6.45) is 4.91. The van der Waals surface area contributed by atoms with Crippen molar-refractivity contribution in [2.75, 3.05) is 0 Å². The Morgan fingerprint density at radius 3 is 2.87 bits per heavy atom. The quantitative estimate of drug-likeness (QED) is 0.766. The Kier molecular flexibility index (Phi) is 3.69. The molecule has 0 spiro atoms. The van der Waals surface area contributed by atoms with Crippen LogP contribution in [0.15, 0.2) is 35.5 Å². The second kappa shape index (κ2) is 5.68. The summed E-state index contributed by atoms with van der Waals surface area (Å²) in [7, 11) is 1.81. The van der Waals surface area contributed by atoms with Crippen LogP contribution in [0, 0.1) is 6.92 Å². The van der Waals surface area contributed by atoms with Gasteiger partial charge in [-0.3, -0.25) is 14.3 Å². The van der Waals surface area contributed by atoms with E-state index in [1.54, 1.807) is 30.1 Å². The zero-order valence-corrected chi connectivity index (χ0v) is 13.1. The van der Waals surface area contributed by atoms with Crippen LogP contribution in [-0.2, 0) is 7.05 Å². The van der Waals surface area contributed by atoms with Crippen LogP contribution in [0.1, 0.15) is 34.6 Å². The molecule has 0 bridgehead atoms. The Labute approximate surface area is 132 Å². The second-order valence-corrected chi connectivity index (χ2v) is 5.52. The average molecular weight is 311 g/mol. The van der Waals surface area contributed by atoms with E-state index in [1.165, 1.54) is 6.20 Å². The normalized spacial score (nSPS) is 12.3. The number of aryl methyl sites for hydroxylation is 2. The molecule has 0 aromatic carbocycles. The minimum Gasteiger partial charge on any atom is -0.345 e. The van der Waals surface area contributed by atoms with Crippen molar-refractivity contribution in [1.29, 1.82) is 0 Å². The molecule has 0 radical (unpaired) electrons. The first-order chi connectivity index (χ1) is 11.0. The minimum absolute atomic E-state index is 0.0684. The van der Waals surface area contributed by atoms with E-state index in [9.17, 15) is 9.59 Å². The predicted octanol–water partition coefficient (Wildman–Crippen LogP) is 1.46. The first-order valence-electron chi connectivity index (χ1n) is 7.24. The van der Waals surface area contributed by atoms with Gasteiger partial charge in [-0.15, -0.1) is 0 Å². The minimum atomic E-state index is -0.426. The lowest BCUT2D eigenvalue weighted by molar-refractivity contribution is 0.0938. The summed E-state index contributed by atoms with van der Waals surface area (Å²) in [5, 5.41) is 7.28. The number of fused-ring (bicyclic) bond motifs is 1. The smallest absolute Gasteiger partial charge is 0.257 e. The van der Waals surface area contributed by atoms with Crippen molar-refractivity contribution in [3.8, 4) is 0 Å². The molecule has 3 heterocycles. The second-order valence-electron chi connectivity index (χ2n) is 5.52. The highest BCUT2D eigenvalue weighted by Crippen LogP contribution is 2.12.